The van der Waals surface area contributed by atoms with Gasteiger partial charge >= 0.3 is 12.1 Å². The van der Waals surface area contributed by atoms with Crippen molar-refractivity contribution in [2.45, 2.75) is 32.0 Å². The smallest absolute Gasteiger partial charge is 0.422 e. The van der Waals surface area contributed by atoms with E-state index in [0.29, 0.717) is 13.1 Å². The lowest BCUT2D eigenvalue weighted by atomic mass is 9.81. The SMILES string of the molecule is O=C(O)[C@@]12CCC[C@H]1CN(Cc1ccc(OCC(F)(F)F)cc1)C2. The highest BCUT2D eigenvalue weighted by atomic mass is 19.4. The molecule has 2 aliphatic rings. The molecule has 1 heterocycles. The van der Waals surface area contributed by atoms with Crippen LogP contribution in [0.5, 0.6) is 5.75 Å². The second kappa shape index (κ2) is 6.27. The summed E-state index contributed by atoms with van der Waals surface area (Å²) in [6.07, 6.45) is -1.70. The lowest BCUT2D eigenvalue weighted by molar-refractivity contribution is -0.153. The minimum atomic E-state index is -4.35. The van der Waals surface area contributed by atoms with Gasteiger partial charge in [0.15, 0.2) is 6.61 Å². The summed E-state index contributed by atoms with van der Waals surface area (Å²) in [5.41, 5.74) is 0.324. The van der Waals surface area contributed by atoms with E-state index in [1.54, 1.807) is 12.1 Å². The van der Waals surface area contributed by atoms with Crippen LogP contribution in [0.3, 0.4) is 0 Å². The number of halogens is 3. The van der Waals surface area contributed by atoms with Crippen molar-refractivity contribution < 1.29 is 27.8 Å². The van der Waals surface area contributed by atoms with E-state index < -0.39 is 24.2 Å². The fraction of sp³-hybridized carbons (Fsp3) is 0.588. The second-order valence-electron chi connectivity index (χ2n) is 6.77. The topological polar surface area (TPSA) is 49.8 Å². The Morgan fingerprint density at radius 3 is 2.62 bits per heavy atom. The first-order chi connectivity index (χ1) is 11.3. The maximum Gasteiger partial charge on any atom is 0.422 e. The van der Waals surface area contributed by atoms with Crippen molar-refractivity contribution in [2.75, 3.05) is 19.7 Å². The highest BCUT2D eigenvalue weighted by molar-refractivity contribution is 5.76. The molecular formula is C17H20F3NO3. The van der Waals surface area contributed by atoms with Gasteiger partial charge in [-0.15, -0.1) is 0 Å². The van der Waals surface area contributed by atoms with Gasteiger partial charge in [0.25, 0.3) is 0 Å². The standard InChI is InChI=1S/C17H20F3NO3/c18-17(19,20)11-24-14-5-3-12(4-6-14)8-21-9-13-2-1-7-16(13,10-21)15(22)23/h3-6,13H,1-2,7-11H2,(H,22,23)/t13-,16+/m0/s1. The van der Waals surface area contributed by atoms with E-state index in [0.717, 1.165) is 31.4 Å². The molecule has 7 heteroatoms. The molecule has 0 radical (unpaired) electrons. The molecule has 1 aromatic rings. The van der Waals surface area contributed by atoms with Crippen LogP contribution in [0.4, 0.5) is 13.2 Å². The molecular weight excluding hydrogens is 323 g/mol. The predicted molar refractivity (Wildman–Crippen MR) is 80.7 cm³/mol. The third-order valence-corrected chi connectivity index (χ3v) is 5.10. The van der Waals surface area contributed by atoms with E-state index in [1.807, 2.05) is 0 Å². The Bertz CT molecular complexity index is 602. The van der Waals surface area contributed by atoms with Gasteiger partial charge in [-0.3, -0.25) is 9.69 Å². The minimum absolute atomic E-state index is 0.177. The van der Waals surface area contributed by atoms with Crippen LogP contribution in [-0.2, 0) is 11.3 Å². The molecule has 1 N–H and O–H groups in total. The van der Waals surface area contributed by atoms with Gasteiger partial charge in [0.1, 0.15) is 5.75 Å². The zero-order valence-corrected chi connectivity index (χ0v) is 13.2. The van der Waals surface area contributed by atoms with Crippen LogP contribution >= 0.6 is 0 Å². The maximum atomic E-state index is 12.1. The summed E-state index contributed by atoms with van der Waals surface area (Å²) < 4.78 is 41.1. The highest BCUT2D eigenvalue weighted by Crippen LogP contribution is 2.49. The van der Waals surface area contributed by atoms with E-state index >= 15 is 0 Å². The van der Waals surface area contributed by atoms with Gasteiger partial charge in [-0.25, -0.2) is 0 Å². The van der Waals surface area contributed by atoms with Crippen molar-refractivity contribution in [3.63, 3.8) is 0 Å². The summed E-state index contributed by atoms with van der Waals surface area (Å²) in [6, 6.07) is 6.50. The molecule has 0 unspecified atom stereocenters. The van der Waals surface area contributed by atoms with E-state index in [2.05, 4.69) is 9.64 Å². The van der Waals surface area contributed by atoms with Crippen molar-refractivity contribution in [2.24, 2.45) is 11.3 Å². The maximum absolute atomic E-state index is 12.1. The summed E-state index contributed by atoms with van der Waals surface area (Å²) in [5, 5.41) is 9.58. The number of benzene rings is 1. The number of carbonyl (C=O) groups is 1. The lowest BCUT2D eigenvalue weighted by Crippen LogP contribution is -2.35. The van der Waals surface area contributed by atoms with Gasteiger partial charge in [0.2, 0.25) is 0 Å². The minimum Gasteiger partial charge on any atom is -0.484 e. The Morgan fingerprint density at radius 2 is 2.04 bits per heavy atom. The molecule has 0 aromatic heterocycles. The normalized spacial score (nSPS) is 27.2. The predicted octanol–water partition coefficient (Wildman–Crippen LogP) is 3.31. The van der Waals surface area contributed by atoms with Gasteiger partial charge in [-0.1, -0.05) is 18.6 Å². The van der Waals surface area contributed by atoms with Gasteiger partial charge in [-0.05, 0) is 36.5 Å². The number of nitrogens with zero attached hydrogens (tertiary/aromatic N) is 1. The van der Waals surface area contributed by atoms with E-state index in [1.165, 1.54) is 12.1 Å². The Labute approximate surface area is 138 Å². The first-order valence-electron chi connectivity index (χ1n) is 8.03. The van der Waals surface area contributed by atoms with Gasteiger partial charge in [0, 0.05) is 19.6 Å². The number of hydrogen-bond donors (Lipinski definition) is 1. The number of aliphatic carboxylic acids is 1. The number of fused-ring (bicyclic) bond motifs is 1. The molecule has 1 aliphatic carbocycles. The van der Waals surface area contributed by atoms with Gasteiger partial charge in [0.05, 0.1) is 5.41 Å². The number of carboxylic acids is 1. The number of likely N-dealkylation sites (tertiary alicyclic amines) is 1. The Kier molecular flexibility index (Phi) is 4.46. The summed E-state index contributed by atoms with van der Waals surface area (Å²) >= 11 is 0. The molecule has 0 amide bonds. The molecule has 0 spiro atoms. The van der Waals surface area contributed by atoms with E-state index in [4.69, 9.17) is 0 Å². The molecule has 3 rings (SSSR count). The molecule has 1 aliphatic heterocycles. The lowest BCUT2D eigenvalue weighted by Gasteiger charge is -2.23. The van der Waals surface area contributed by atoms with Crippen LogP contribution in [0.1, 0.15) is 24.8 Å². The van der Waals surface area contributed by atoms with Gasteiger partial charge in [-0.2, -0.15) is 13.2 Å². The van der Waals surface area contributed by atoms with Crippen molar-refractivity contribution in [1.29, 1.82) is 0 Å². The van der Waals surface area contributed by atoms with Crippen LogP contribution in [0.15, 0.2) is 24.3 Å². The van der Waals surface area contributed by atoms with Gasteiger partial charge < -0.3 is 9.84 Å². The molecule has 4 nitrogen and oxygen atoms in total. The third kappa shape index (κ3) is 3.50. The van der Waals surface area contributed by atoms with Crippen LogP contribution in [-0.4, -0.2) is 41.8 Å². The first kappa shape index (κ1) is 17.1. The molecule has 1 saturated carbocycles. The van der Waals surface area contributed by atoms with E-state index in [9.17, 15) is 23.1 Å². The number of hydrogen-bond acceptors (Lipinski definition) is 3. The number of rotatable bonds is 5. The summed E-state index contributed by atoms with van der Waals surface area (Å²) in [6.45, 7) is 0.602. The third-order valence-electron chi connectivity index (χ3n) is 5.10. The largest absolute Gasteiger partial charge is 0.484 e. The molecule has 0 bridgehead atoms. The zero-order chi connectivity index (χ0) is 17.4. The van der Waals surface area contributed by atoms with Crippen molar-refractivity contribution >= 4 is 5.97 Å². The monoisotopic (exact) mass is 343 g/mol. The molecule has 24 heavy (non-hydrogen) atoms. The fourth-order valence-electron chi connectivity index (χ4n) is 3.98. The summed E-state index contributed by atoms with van der Waals surface area (Å²) in [7, 11) is 0. The van der Waals surface area contributed by atoms with Crippen molar-refractivity contribution in [3.05, 3.63) is 29.8 Å². The molecule has 1 aromatic carbocycles. The second-order valence-corrected chi connectivity index (χ2v) is 6.77. The average molecular weight is 343 g/mol. The highest BCUT2D eigenvalue weighted by Gasteiger charge is 2.54. The van der Waals surface area contributed by atoms with Crippen molar-refractivity contribution in [1.82, 2.24) is 4.90 Å². The molecule has 2 fully saturated rings. The quantitative estimate of drug-likeness (QED) is 0.891. The average Bonchev–Trinajstić information content (AvgIpc) is 3.03. The zero-order valence-electron chi connectivity index (χ0n) is 13.2. The van der Waals surface area contributed by atoms with Crippen LogP contribution < -0.4 is 4.74 Å². The number of carboxylic acid groups (broad SMARTS) is 1. The Balaban J connectivity index is 1.58. The molecule has 1 saturated heterocycles. The molecule has 2 atom stereocenters. The summed E-state index contributed by atoms with van der Waals surface area (Å²) in [5.74, 6) is -0.329. The molecule has 132 valence electrons. The van der Waals surface area contributed by atoms with Crippen LogP contribution in [0.2, 0.25) is 0 Å². The van der Waals surface area contributed by atoms with Crippen molar-refractivity contribution in [3.8, 4) is 5.75 Å². The first-order valence-corrected chi connectivity index (χ1v) is 8.03. The number of alkyl halides is 3. The fourth-order valence-corrected chi connectivity index (χ4v) is 3.98. The van der Waals surface area contributed by atoms with E-state index in [-0.39, 0.29) is 11.7 Å². The van der Waals surface area contributed by atoms with Crippen LogP contribution in [0, 0.1) is 11.3 Å². The Hall–Kier alpha value is -1.76. The summed E-state index contributed by atoms with van der Waals surface area (Å²) in [4.78, 5) is 13.8. The number of ether oxygens (including phenoxy) is 1. The van der Waals surface area contributed by atoms with Crippen LogP contribution in [0.25, 0.3) is 0 Å². The Morgan fingerprint density at radius 1 is 1.33 bits per heavy atom.